The molecule has 1 aromatic rings. The maximum absolute atomic E-state index is 11.4. The molecule has 15 heavy (non-hydrogen) atoms. The van der Waals surface area contributed by atoms with Gasteiger partial charge in [0.1, 0.15) is 0 Å². The molecule has 1 aromatic heterocycles. The van der Waals surface area contributed by atoms with Crippen molar-refractivity contribution in [1.82, 2.24) is 10.3 Å². The molecule has 6 heteroatoms. The molecule has 1 unspecified atom stereocenters. The zero-order valence-electron chi connectivity index (χ0n) is 8.06. The van der Waals surface area contributed by atoms with Crippen molar-refractivity contribution in [3.05, 3.63) is 28.7 Å². The van der Waals surface area contributed by atoms with Crippen LogP contribution in [-0.2, 0) is 0 Å². The minimum Gasteiger partial charge on any atom is -0.476 e. The summed E-state index contributed by atoms with van der Waals surface area (Å²) < 4.78 is 0. The number of aromatic carboxylic acids is 1. The predicted octanol–water partition coefficient (Wildman–Crippen LogP) is 1.15. The van der Waals surface area contributed by atoms with Crippen LogP contribution in [-0.4, -0.2) is 28.0 Å². The van der Waals surface area contributed by atoms with Gasteiger partial charge in [-0.2, -0.15) is 0 Å². The Kier molecular flexibility index (Phi) is 3.56. The van der Waals surface area contributed by atoms with E-state index < -0.39 is 5.97 Å². The highest BCUT2D eigenvalue weighted by atomic mass is 32.1. The van der Waals surface area contributed by atoms with Crippen molar-refractivity contribution in [2.24, 2.45) is 0 Å². The van der Waals surface area contributed by atoms with Crippen LogP contribution in [0.5, 0.6) is 0 Å². The van der Waals surface area contributed by atoms with Crippen molar-refractivity contribution in [2.45, 2.75) is 13.0 Å². The Labute approximate surface area is 90.5 Å². The molecule has 0 saturated carbocycles. The molecule has 1 rings (SSSR count). The first-order valence-corrected chi connectivity index (χ1v) is 5.04. The van der Waals surface area contributed by atoms with Gasteiger partial charge in [-0.3, -0.25) is 4.79 Å². The van der Waals surface area contributed by atoms with Gasteiger partial charge in [0.05, 0.1) is 0 Å². The number of nitrogens with zero attached hydrogens (tertiary/aromatic N) is 1. The van der Waals surface area contributed by atoms with Gasteiger partial charge < -0.3 is 10.4 Å². The van der Waals surface area contributed by atoms with Crippen molar-refractivity contribution in [1.29, 1.82) is 0 Å². The fraction of sp³-hybridized carbons (Fsp3) is 0.222. The van der Waals surface area contributed by atoms with Crippen molar-refractivity contribution >= 4 is 23.2 Å². The summed E-state index contributed by atoms with van der Waals surface area (Å²) in [5.41, 5.74) is -0.114. The second kappa shape index (κ2) is 4.70. The first kappa shape index (κ1) is 11.4. The number of carboxylic acids is 1. The topological polar surface area (TPSA) is 79.3 Å². The molecule has 1 heterocycles. The first-order valence-electron chi connectivity index (χ1n) is 4.17. The van der Waals surface area contributed by atoms with Crippen LogP contribution in [0.2, 0.25) is 0 Å². The summed E-state index contributed by atoms with van der Waals surface area (Å²) in [5.74, 6) is -1.53. The Morgan fingerprint density at radius 1 is 1.73 bits per heavy atom. The largest absolute Gasteiger partial charge is 0.476 e. The maximum atomic E-state index is 11.4. The number of nitrogens with one attached hydrogen (secondary N) is 1. The number of hydrogen-bond donors (Lipinski definition) is 2. The number of amides is 1. The molecule has 0 aliphatic carbocycles. The van der Waals surface area contributed by atoms with Crippen LogP contribution in [0, 0.1) is 0 Å². The van der Waals surface area contributed by atoms with Crippen molar-refractivity contribution in [3.8, 4) is 0 Å². The second-order valence-corrected chi connectivity index (χ2v) is 3.70. The number of thiazole rings is 1. The summed E-state index contributed by atoms with van der Waals surface area (Å²) in [6.07, 6.45) is 1.57. The number of aromatic nitrogens is 1. The zero-order valence-corrected chi connectivity index (χ0v) is 8.87. The van der Waals surface area contributed by atoms with E-state index in [0.29, 0.717) is 0 Å². The van der Waals surface area contributed by atoms with Gasteiger partial charge in [0, 0.05) is 11.4 Å². The molecule has 0 aliphatic rings. The van der Waals surface area contributed by atoms with E-state index in [1.54, 1.807) is 13.0 Å². The number of rotatable bonds is 4. The molecule has 0 spiro atoms. The van der Waals surface area contributed by atoms with Crippen LogP contribution in [0.25, 0.3) is 0 Å². The van der Waals surface area contributed by atoms with Gasteiger partial charge in [-0.1, -0.05) is 6.08 Å². The smallest absolute Gasteiger partial charge is 0.355 e. The highest BCUT2D eigenvalue weighted by Crippen LogP contribution is 2.09. The van der Waals surface area contributed by atoms with E-state index in [4.69, 9.17) is 5.11 Å². The van der Waals surface area contributed by atoms with Crippen LogP contribution in [0.1, 0.15) is 27.2 Å². The van der Waals surface area contributed by atoms with Crippen molar-refractivity contribution < 1.29 is 14.7 Å². The Hall–Kier alpha value is -1.69. The first-order chi connectivity index (χ1) is 7.04. The van der Waals surface area contributed by atoms with Crippen molar-refractivity contribution in [3.63, 3.8) is 0 Å². The number of carboxylic acid groups (broad SMARTS) is 1. The molecule has 1 atom stereocenters. The summed E-state index contributed by atoms with van der Waals surface area (Å²) >= 11 is 1.00. The standard InChI is InChI=1S/C9H10N2O3S/c1-3-5(2)10-7(12)8-11-6(4-15-8)9(13)14/h3-5H,1H2,2H3,(H,10,12)(H,13,14). The van der Waals surface area contributed by atoms with E-state index >= 15 is 0 Å². The molecular formula is C9H10N2O3S. The van der Waals surface area contributed by atoms with Gasteiger partial charge in [-0.25, -0.2) is 9.78 Å². The Bertz CT molecular complexity index is 400. The van der Waals surface area contributed by atoms with E-state index in [0.717, 1.165) is 11.3 Å². The van der Waals surface area contributed by atoms with Gasteiger partial charge in [-0.05, 0) is 6.92 Å². The lowest BCUT2D eigenvalue weighted by atomic mass is 10.3. The van der Waals surface area contributed by atoms with E-state index in [1.165, 1.54) is 5.38 Å². The highest BCUT2D eigenvalue weighted by molar-refractivity contribution is 7.11. The molecule has 0 aromatic carbocycles. The molecule has 0 saturated heterocycles. The van der Waals surface area contributed by atoms with Crippen LogP contribution in [0.4, 0.5) is 0 Å². The summed E-state index contributed by atoms with van der Waals surface area (Å²) in [4.78, 5) is 25.6. The van der Waals surface area contributed by atoms with Crippen LogP contribution < -0.4 is 5.32 Å². The fourth-order valence-electron chi connectivity index (χ4n) is 0.804. The lowest BCUT2D eigenvalue weighted by molar-refractivity contribution is 0.0691. The SMILES string of the molecule is C=CC(C)NC(=O)c1nc(C(=O)O)cs1. The summed E-state index contributed by atoms with van der Waals surface area (Å²) in [5, 5.41) is 12.7. The zero-order chi connectivity index (χ0) is 11.4. The van der Waals surface area contributed by atoms with Gasteiger partial charge in [-0.15, -0.1) is 17.9 Å². The Morgan fingerprint density at radius 2 is 2.40 bits per heavy atom. The van der Waals surface area contributed by atoms with Crippen LogP contribution in [0.15, 0.2) is 18.0 Å². The Morgan fingerprint density at radius 3 is 2.87 bits per heavy atom. The van der Waals surface area contributed by atoms with E-state index in [-0.39, 0.29) is 22.7 Å². The minimum atomic E-state index is -1.14. The van der Waals surface area contributed by atoms with Gasteiger partial charge in [0.15, 0.2) is 10.7 Å². The Balaban J connectivity index is 2.74. The van der Waals surface area contributed by atoms with E-state index in [9.17, 15) is 9.59 Å². The van der Waals surface area contributed by atoms with Crippen LogP contribution in [0.3, 0.4) is 0 Å². The average molecular weight is 226 g/mol. The van der Waals surface area contributed by atoms with Gasteiger partial charge in [0.2, 0.25) is 0 Å². The molecule has 80 valence electrons. The van der Waals surface area contributed by atoms with Crippen LogP contribution >= 0.6 is 11.3 Å². The molecule has 0 fully saturated rings. The molecule has 5 nitrogen and oxygen atoms in total. The molecule has 1 amide bonds. The normalized spacial score (nSPS) is 11.8. The molecule has 0 bridgehead atoms. The summed E-state index contributed by atoms with van der Waals surface area (Å²) in [6, 6.07) is -0.172. The number of hydrogen-bond acceptors (Lipinski definition) is 4. The molecule has 2 N–H and O–H groups in total. The number of carbonyl (C=O) groups excluding carboxylic acids is 1. The maximum Gasteiger partial charge on any atom is 0.355 e. The lowest BCUT2D eigenvalue weighted by Gasteiger charge is -2.06. The second-order valence-electron chi connectivity index (χ2n) is 2.84. The third kappa shape index (κ3) is 2.88. The fourth-order valence-corrected chi connectivity index (χ4v) is 1.50. The lowest BCUT2D eigenvalue weighted by Crippen LogP contribution is -2.30. The average Bonchev–Trinajstić information content (AvgIpc) is 2.66. The predicted molar refractivity (Wildman–Crippen MR) is 56.2 cm³/mol. The van der Waals surface area contributed by atoms with E-state index in [2.05, 4.69) is 16.9 Å². The van der Waals surface area contributed by atoms with E-state index in [1.807, 2.05) is 0 Å². The quantitative estimate of drug-likeness (QED) is 0.755. The third-order valence-corrected chi connectivity index (χ3v) is 2.47. The van der Waals surface area contributed by atoms with Gasteiger partial charge >= 0.3 is 5.97 Å². The highest BCUT2D eigenvalue weighted by Gasteiger charge is 2.15. The molecule has 0 radical (unpaired) electrons. The minimum absolute atomic E-state index is 0.114. The third-order valence-electron chi connectivity index (χ3n) is 1.63. The summed E-state index contributed by atoms with van der Waals surface area (Å²) in [7, 11) is 0. The molecule has 0 aliphatic heterocycles. The van der Waals surface area contributed by atoms with Gasteiger partial charge in [0.25, 0.3) is 5.91 Å². The summed E-state index contributed by atoms with van der Waals surface area (Å²) in [6.45, 7) is 5.28. The molecular weight excluding hydrogens is 216 g/mol. The number of carbonyl (C=O) groups is 2. The van der Waals surface area contributed by atoms with Crippen molar-refractivity contribution in [2.75, 3.05) is 0 Å². The monoisotopic (exact) mass is 226 g/mol.